The molecule has 0 bridgehead atoms. The molecule has 1 heterocycles. The fraction of sp³-hybridized carbons (Fsp3) is 0.118. The Morgan fingerprint density at radius 1 is 1.04 bits per heavy atom. The van der Waals surface area contributed by atoms with Crippen LogP contribution in [0.3, 0.4) is 0 Å². The summed E-state index contributed by atoms with van der Waals surface area (Å²) in [5.41, 5.74) is 0.516. The van der Waals surface area contributed by atoms with Crippen molar-refractivity contribution < 1.29 is 14.3 Å². The summed E-state index contributed by atoms with van der Waals surface area (Å²) >= 11 is 1.05. The Bertz CT molecular complexity index is 862. The van der Waals surface area contributed by atoms with Gasteiger partial charge in [0.15, 0.2) is 11.5 Å². The number of hydrogen-bond donors (Lipinski definition) is 0. The van der Waals surface area contributed by atoms with Gasteiger partial charge in [-0.2, -0.15) is 5.10 Å². The van der Waals surface area contributed by atoms with Crippen molar-refractivity contribution in [3.05, 3.63) is 54.2 Å². The van der Waals surface area contributed by atoms with Crippen molar-refractivity contribution in [2.24, 2.45) is 0 Å². The molecular weight excluding hydrogens is 312 g/mol. The molecule has 6 heteroatoms. The number of benzene rings is 2. The van der Waals surface area contributed by atoms with Crippen molar-refractivity contribution in [2.75, 3.05) is 14.2 Å². The SMILES string of the molecule is COc1ccc(C(=O)Sc2nncc3ccccc23)cc1OC. The Balaban J connectivity index is 1.92. The standard InChI is InChI=1S/C17H14N2O3S/c1-21-14-8-7-11(9-15(14)22-2)17(20)23-16-13-6-4-3-5-12(13)10-18-19-16/h3-10H,1-2H3. The Labute approximate surface area is 137 Å². The maximum Gasteiger partial charge on any atom is 0.225 e. The highest BCUT2D eigenvalue weighted by Gasteiger charge is 2.15. The van der Waals surface area contributed by atoms with E-state index in [1.165, 1.54) is 7.11 Å². The molecule has 0 N–H and O–H groups in total. The number of fused-ring (bicyclic) bond motifs is 1. The van der Waals surface area contributed by atoms with E-state index in [4.69, 9.17) is 9.47 Å². The van der Waals surface area contributed by atoms with Gasteiger partial charge in [0.1, 0.15) is 5.03 Å². The molecule has 0 unspecified atom stereocenters. The van der Waals surface area contributed by atoms with Crippen molar-refractivity contribution in [3.8, 4) is 11.5 Å². The van der Waals surface area contributed by atoms with Gasteiger partial charge in [0.25, 0.3) is 0 Å². The maximum absolute atomic E-state index is 12.5. The lowest BCUT2D eigenvalue weighted by molar-refractivity contribution is 0.108. The van der Waals surface area contributed by atoms with E-state index in [-0.39, 0.29) is 5.12 Å². The summed E-state index contributed by atoms with van der Waals surface area (Å²) < 4.78 is 10.4. The summed E-state index contributed by atoms with van der Waals surface area (Å²) in [6.07, 6.45) is 1.68. The first-order valence-corrected chi connectivity index (χ1v) is 7.69. The van der Waals surface area contributed by atoms with Crippen LogP contribution in [0, 0.1) is 0 Å². The molecule has 0 aliphatic heterocycles. The molecule has 0 radical (unpaired) electrons. The zero-order chi connectivity index (χ0) is 16.2. The van der Waals surface area contributed by atoms with Gasteiger partial charge >= 0.3 is 0 Å². The molecule has 0 atom stereocenters. The lowest BCUT2D eigenvalue weighted by Gasteiger charge is -2.09. The monoisotopic (exact) mass is 326 g/mol. The highest BCUT2D eigenvalue weighted by molar-refractivity contribution is 8.14. The van der Waals surface area contributed by atoms with E-state index < -0.39 is 0 Å². The molecule has 2 aromatic carbocycles. The lowest BCUT2D eigenvalue weighted by atomic mass is 10.2. The van der Waals surface area contributed by atoms with Crippen LogP contribution < -0.4 is 9.47 Å². The molecule has 0 fully saturated rings. The van der Waals surface area contributed by atoms with Gasteiger partial charge in [-0.25, -0.2) is 0 Å². The summed E-state index contributed by atoms with van der Waals surface area (Å²) in [4.78, 5) is 12.5. The molecule has 116 valence electrons. The first kappa shape index (κ1) is 15.3. The van der Waals surface area contributed by atoms with Crippen molar-refractivity contribution in [3.63, 3.8) is 0 Å². The van der Waals surface area contributed by atoms with Crippen LogP contribution in [-0.2, 0) is 0 Å². The summed E-state index contributed by atoms with van der Waals surface area (Å²) in [5.74, 6) is 1.10. The van der Waals surface area contributed by atoms with Crippen LogP contribution in [0.25, 0.3) is 10.8 Å². The van der Waals surface area contributed by atoms with Gasteiger partial charge in [0.05, 0.1) is 20.4 Å². The molecule has 5 nitrogen and oxygen atoms in total. The van der Waals surface area contributed by atoms with Crippen molar-refractivity contribution >= 4 is 27.6 Å². The van der Waals surface area contributed by atoms with E-state index in [1.54, 1.807) is 31.5 Å². The molecule has 0 amide bonds. The first-order chi connectivity index (χ1) is 11.2. The van der Waals surface area contributed by atoms with Crippen LogP contribution in [0.5, 0.6) is 11.5 Å². The molecule has 0 saturated carbocycles. The minimum absolute atomic E-state index is 0.128. The zero-order valence-electron chi connectivity index (χ0n) is 12.6. The average Bonchev–Trinajstić information content (AvgIpc) is 2.61. The van der Waals surface area contributed by atoms with Gasteiger partial charge in [-0.05, 0) is 30.0 Å². The quantitative estimate of drug-likeness (QED) is 0.683. The minimum atomic E-state index is -0.128. The number of hydrogen-bond acceptors (Lipinski definition) is 6. The van der Waals surface area contributed by atoms with E-state index in [0.29, 0.717) is 22.1 Å². The topological polar surface area (TPSA) is 61.3 Å². The number of carbonyl (C=O) groups excluding carboxylic acids is 1. The second-order valence-electron chi connectivity index (χ2n) is 4.70. The van der Waals surface area contributed by atoms with Crippen LogP contribution in [0.1, 0.15) is 10.4 Å². The van der Waals surface area contributed by atoms with Crippen LogP contribution in [0.2, 0.25) is 0 Å². The van der Waals surface area contributed by atoms with Gasteiger partial charge in [0.2, 0.25) is 5.12 Å². The van der Waals surface area contributed by atoms with Crippen LogP contribution >= 0.6 is 11.8 Å². The Kier molecular flexibility index (Phi) is 4.43. The van der Waals surface area contributed by atoms with Crippen molar-refractivity contribution in [2.45, 2.75) is 5.03 Å². The smallest absolute Gasteiger partial charge is 0.225 e. The lowest BCUT2D eigenvalue weighted by Crippen LogP contribution is -1.98. The van der Waals surface area contributed by atoms with E-state index in [1.807, 2.05) is 24.3 Å². The van der Waals surface area contributed by atoms with Crippen molar-refractivity contribution in [1.82, 2.24) is 10.2 Å². The maximum atomic E-state index is 12.5. The van der Waals surface area contributed by atoms with Gasteiger partial charge in [0, 0.05) is 16.3 Å². The van der Waals surface area contributed by atoms with E-state index in [0.717, 1.165) is 22.5 Å². The average molecular weight is 326 g/mol. The molecule has 1 aromatic heterocycles. The van der Waals surface area contributed by atoms with E-state index in [9.17, 15) is 4.79 Å². The second-order valence-corrected chi connectivity index (χ2v) is 5.66. The fourth-order valence-corrected chi connectivity index (χ4v) is 2.99. The molecule has 0 spiro atoms. The van der Waals surface area contributed by atoms with E-state index >= 15 is 0 Å². The highest BCUT2D eigenvalue weighted by Crippen LogP contribution is 2.32. The predicted octanol–water partition coefficient (Wildman–Crippen LogP) is 3.58. The molecule has 0 saturated heterocycles. The third kappa shape index (κ3) is 3.12. The number of aromatic nitrogens is 2. The summed E-state index contributed by atoms with van der Waals surface area (Å²) in [7, 11) is 3.09. The number of methoxy groups -OCH3 is 2. The largest absolute Gasteiger partial charge is 0.493 e. The minimum Gasteiger partial charge on any atom is -0.493 e. The summed E-state index contributed by atoms with van der Waals surface area (Å²) in [6.45, 7) is 0. The third-order valence-electron chi connectivity index (χ3n) is 3.35. The fourth-order valence-electron chi connectivity index (χ4n) is 2.19. The molecular formula is C17H14N2O3S. The molecule has 3 aromatic rings. The van der Waals surface area contributed by atoms with Gasteiger partial charge in [-0.3, -0.25) is 4.79 Å². The Hall–Kier alpha value is -2.60. The van der Waals surface area contributed by atoms with Crippen LogP contribution in [0.4, 0.5) is 0 Å². The molecule has 0 aliphatic carbocycles. The predicted molar refractivity (Wildman–Crippen MR) is 89.3 cm³/mol. The highest BCUT2D eigenvalue weighted by atomic mass is 32.2. The van der Waals surface area contributed by atoms with Crippen molar-refractivity contribution in [1.29, 1.82) is 0 Å². The molecule has 0 aliphatic rings. The van der Waals surface area contributed by atoms with Gasteiger partial charge in [-0.1, -0.05) is 24.3 Å². The zero-order valence-corrected chi connectivity index (χ0v) is 13.5. The Morgan fingerprint density at radius 3 is 2.61 bits per heavy atom. The number of ether oxygens (including phenoxy) is 2. The number of nitrogens with zero attached hydrogens (tertiary/aromatic N) is 2. The van der Waals surface area contributed by atoms with E-state index in [2.05, 4.69) is 10.2 Å². The van der Waals surface area contributed by atoms with Crippen LogP contribution in [-0.4, -0.2) is 29.5 Å². The molecule has 3 rings (SSSR count). The number of carbonyl (C=O) groups is 1. The molecule has 23 heavy (non-hydrogen) atoms. The van der Waals surface area contributed by atoms with Gasteiger partial charge in [-0.15, -0.1) is 5.10 Å². The van der Waals surface area contributed by atoms with Crippen LogP contribution in [0.15, 0.2) is 53.7 Å². The Morgan fingerprint density at radius 2 is 1.83 bits per heavy atom. The first-order valence-electron chi connectivity index (χ1n) is 6.87. The number of thioether (sulfide) groups is 1. The normalized spacial score (nSPS) is 10.5. The summed E-state index contributed by atoms with van der Waals surface area (Å²) in [6, 6.07) is 12.8. The summed E-state index contributed by atoms with van der Waals surface area (Å²) in [5, 5.41) is 10.3. The van der Waals surface area contributed by atoms with Gasteiger partial charge < -0.3 is 9.47 Å². The number of rotatable bonds is 4. The second kappa shape index (κ2) is 6.66. The third-order valence-corrected chi connectivity index (χ3v) is 4.26.